The van der Waals surface area contributed by atoms with Crippen LogP contribution in [0, 0.1) is 0 Å². The van der Waals surface area contributed by atoms with Crippen LogP contribution in [0.3, 0.4) is 0 Å². The minimum absolute atomic E-state index is 0.409. The van der Waals surface area contributed by atoms with Crippen molar-refractivity contribution >= 4 is 9.04 Å². The number of rotatable bonds is 6. The molecular weight excluding hydrogens is 140 g/mol. The Morgan fingerprint density at radius 3 is 2.40 bits per heavy atom. The fourth-order valence-corrected chi connectivity index (χ4v) is 1.85. The molecule has 0 saturated heterocycles. The van der Waals surface area contributed by atoms with Crippen LogP contribution in [-0.2, 0) is 4.43 Å². The summed E-state index contributed by atoms with van der Waals surface area (Å²) in [7, 11) is 1.42. The van der Waals surface area contributed by atoms with Gasteiger partial charge in [-0.1, -0.05) is 32.6 Å². The van der Waals surface area contributed by atoms with Crippen molar-refractivity contribution in [1.82, 2.24) is 0 Å². The third-order valence-corrected chi connectivity index (χ3v) is 3.49. The summed E-state index contributed by atoms with van der Waals surface area (Å²) in [6.07, 6.45) is 5.48. The zero-order valence-electron chi connectivity index (χ0n) is 7.44. The van der Waals surface area contributed by atoms with Crippen LogP contribution in [0.1, 0.15) is 32.6 Å². The normalized spacial score (nSPS) is 10.8. The fraction of sp³-hybridized carbons (Fsp3) is 1.00. The monoisotopic (exact) mass is 159 g/mol. The molecule has 0 saturated carbocycles. The standard InChI is InChI=1S/C8H19OSi/c1-4-5-6-7-8-10(3)9-2/h4-8H2,1-3H3. The Balaban J connectivity index is 2.89. The summed E-state index contributed by atoms with van der Waals surface area (Å²) in [6.45, 7) is 4.48. The molecule has 0 amide bonds. The fourth-order valence-electron chi connectivity index (χ4n) is 0.903. The molecule has 0 aromatic heterocycles. The van der Waals surface area contributed by atoms with Gasteiger partial charge in [-0.25, -0.2) is 0 Å². The number of unbranched alkanes of at least 4 members (excludes halogenated alkanes) is 3. The second kappa shape index (κ2) is 7.29. The summed E-state index contributed by atoms with van der Waals surface area (Å²) in [5.74, 6) is 0. The lowest BCUT2D eigenvalue weighted by atomic mass is 10.2. The highest BCUT2D eigenvalue weighted by molar-refractivity contribution is 6.50. The van der Waals surface area contributed by atoms with Crippen molar-refractivity contribution in [3.63, 3.8) is 0 Å². The molecule has 0 aliphatic carbocycles. The van der Waals surface area contributed by atoms with Crippen molar-refractivity contribution in [3.8, 4) is 0 Å². The highest BCUT2D eigenvalue weighted by Crippen LogP contribution is 2.05. The Kier molecular flexibility index (Phi) is 7.41. The van der Waals surface area contributed by atoms with Gasteiger partial charge in [-0.3, -0.25) is 0 Å². The Hall–Kier alpha value is 0.177. The van der Waals surface area contributed by atoms with Gasteiger partial charge in [0.05, 0.1) is 0 Å². The zero-order chi connectivity index (χ0) is 7.82. The lowest BCUT2D eigenvalue weighted by Crippen LogP contribution is -2.08. The van der Waals surface area contributed by atoms with Crippen molar-refractivity contribution in [2.24, 2.45) is 0 Å². The van der Waals surface area contributed by atoms with Crippen LogP contribution in [0.15, 0.2) is 0 Å². The quantitative estimate of drug-likeness (QED) is 0.428. The van der Waals surface area contributed by atoms with E-state index in [1.165, 1.54) is 31.7 Å². The largest absolute Gasteiger partial charge is 0.420 e. The van der Waals surface area contributed by atoms with Crippen molar-refractivity contribution in [3.05, 3.63) is 0 Å². The summed E-state index contributed by atoms with van der Waals surface area (Å²) < 4.78 is 5.23. The molecule has 0 aliphatic heterocycles. The molecule has 0 N–H and O–H groups in total. The third-order valence-electron chi connectivity index (χ3n) is 1.73. The van der Waals surface area contributed by atoms with E-state index in [1.807, 2.05) is 7.11 Å². The smallest absolute Gasteiger partial charge is 0.207 e. The second-order valence-corrected chi connectivity index (χ2v) is 5.03. The summed E-state index contributed by atoms with van der Waals surface area (Å²) in [6, 6.07) is 1.32. The van der Waals surface area contributed by atoms with Gasteiger partial charge in [-0.15, -0.1) is 0 Å². The van der Waals surface area contributed by atoms with E-state index in [-0.39, 0.29) is 0 Å². The minimum atomic E-state index is -0.409. The van der Waals surface area contributed by atoms with E-state index in [0.717, 1.165) is 0 Å². The van der Waals surface area contributed by atoms with E-state index < -0.39 is 9.04 Å². The van der Waals surface area contributed by atoms with E-state index in [4.69, 9.17) is 4.43 Å². The maximum absolute atomic E-state index is 5.23. The first-order chi connectivity index (χ1) is 4.81. The average molecular weight is 159 g/mol. The molecule has 0 bridgehead atoms. The predicted molar refractivity (Wildman–Crippen MR) is 47.6 cm³/mol. The SMILES string of the molecule is CCCCCC[Si](C)OC. The topological polar surface area (TPSA) is 9.23 Å². The molecule has 0 heterocycles. The lowest BCUT2D eigenvalue weighted by molar-refractivity contribution is 0.421. The maximum Gasteiger partial charge on any atom is 0.207 e. The Morgan fingerprint density at radius 1 is 1.20 bits per heavy atom. The van der Waals surface area contributed by atoms with Crippen LogP contribution in [-0.4, -0.2) is 16.2 Å². The van der Waals surface area contributed by atoms with Gasteiger partial charge in [0.15, 0.2) is 0 Å². The first kappa shape index (κ1) is 10.2. The van der Waals surface area contributed by atoms with Gasteiger partial charge in [0, 0.05) is 7.11 Å². The summed E-state index contributed by atoms with van der Waals surface area (Å²) >= 11 is 0. The van der Waals surface area contributed by atoms with E-state index >= 15 is 0 Å². The molecule has 1 nitrogen and oxygen atoms in total. The number of hydrogen-bond donors (Lipinski definition) is 0. The van der Waals surface area contributed by atoms with Gasteiger partial charge in [0.2, 0.25) is 9.04 Å². The van der Waals surface area contributed by atoms with Crippen molar-refractivity contribution in [1.29, 1.82) is 0 Å². The van der Waals surface area contributed by atoms with Crippen LogP contribution in [0.2, 0.25) is 12.6 Å². The van der Waals surface area contributed by atoms with Crippen molar-refractivity contribution < 1.29 is 4.43 Å². The van der Waals surface area contributed by atoms with Crippen LogP contribution >= 0.6 is 0 Å². The maximum atomic E-state index is 5.23. The zero-order valence-corrected chi connectivity index (χ0v) is 8.44. The Labute approximate surface area is 66.5 Å². The molecule has 0 unspecified atom stereocenters. The van der Waals surface area contributed by atoms with Gasteiger partial charge in [0.25, 0.3) is 0 Å². The van der Waals surface area contributed by atoms with Crippen LogP contribution < -0.4 is 0 Å². The molecule has 61 valence electrons. The summed E-state index contributed by atoms with van der Waals surface area (Å²) in [4.78, 5) is 0. The Morgan fingerprint density at radius 2 is 1.90 bits per heavy atom. The van der Waals surface area contributed by atoms with Gasteiger partial charge < -0.3 is 4.43 Å². The van der Waals surface area contributed by atoms with E-state index in [1.54, 1.807) is 0 Å². The summed E-state index contributed by atoms with van der Waals surface area (Å²) in [5, 5.41) is 0. The molecule has 0 rings (SSSR count). The molecule has 0 fully saturated rings. The van der Waals surface area contributed by atoms with Gasteiger partial charge in [-0.2, -0.15) is 0 Å². The molecular formula is C8H19OSi. The van der Waals surface area contributed by atoms with Crippen LogP contribution in [0.4, 0.5) is 0 Å². The molecule has 0 atom stereocenters. The molecule has 0 aromatic carbocycles. The van der Waals surface area contributed by atoms with Crippen molar-refractivity contribution in [2.45, 2.75) is 45.2 Å². The van der Waals surface area contributed by atoms with E-state index in [9.17, 15) is 0 Å². The minimum Gasteiger partial charge on any atom is -0.420 e. The number of hydrogen-bond acceptors (Lipinski definition) is 1. The van der Waals surface area contributed by atoms with E-state index in [2.05, 4.69) is 13.5 Å². The predicted octanol–water partition coefficient (Wildman–Crippen LogP) is 2.83. The van der Waals surface area contributed by atoms with Gasteiger partial charge in [0.1, 0.15) is 0 Å². The molecule has 2 heteroatoms. The first-order valence-electron chi connectivity index (χ1n) is 4.17. The Bertz CT molecular complexity index is 66.3. The third kappa shape index (κ3) is 6.30. The first-order valence-corrected chi connectivity index (χ1v) is 6.29. The van der Waals surface area contributed by atoms with Crippen LogP contribution in [0.25, 0.3) is 0 Å². The van der Waals surface area contributed by atoms with Gasteiger partial charge >= 0.3 is 0 Å². The highest BCUT2D eigenvalue weighted by atomic mass is 28.3. The second-order valence-electron chi connectivity index (χ2n) is 2.72. The lowest BCUT2D eigenvalue weighted by Gasteiger charge is -2.04. The average Bonchev–Trinajstić information content (AvgIpc) is 1.98. The van der Waals surface area contributed by atoms with Crippen molar-refractivity contribution in [2.75, 3.05) is 7.11 Å². The summed E-state index contributed by atoms with van der Waals surface area (Å²) in [5.41, 5.74) is 0. The molecule has 1 radical (unpaired) electrons. The molecule has 0 spiro atoms. The van der Waals surface area contributed by atoms with Gasteiger partial charge in [-0.05, 0) is 12.6 Å². The molecule has 10 heavy (non-hydrogen) atoms. The molecule has 0 aliphatic rings. The molecule has 0 aromatic rings. The van der Waals surface area contributed by atoms with E-state index in [0.29, 0.717) is 0 Å². The van der Waals surface area contributed by atoms with Crippen LogP contribution in [0.5, 0.6) is 0 Å². The highest BCUT2D eigenvalue weighted by Gasteiger charge is 2.01.